The van der Waals surface area contributed by atoms with Crippen LogP contribution in [0.15, 0.2) is 41.1 Å². The molecule has 2 aromatic rings. The lowest BCUT2D eigenvalue weighted by Gasteiger charge is -2.04. The second kappa shape index (κ2) is 4.92. The molecule has 0 amide bonds. The van der Waals surface area contributed by atoms with E-state index in [-0.39, 0.29) is 11.6 Å². The highest BCUT2D eigenvalue weighted by atomic mass is 79.9. The van der Waals surface area contributed by atoms with Crippen LogP contribution < -0.4 is 4.74 Å². The number of carboxylic acids is 1. The Balaban J connectivity index is 2.21. The van der Waals surface area contributed by atoms with Gasteiger partial charge >= 0.3 is 5.97 Å². The Bertz CT molecular complexity index is 543. The Kier molecular flexibility index (Phi) is 3.34. The third-order valence-electron chi connectivity index (χ3n) is 1.87. The smallest absolute Gasteiger partial charge is 0.356 e. The fourth-order valence-corrected chi connectivity index (χ4v) is 1.39. The number of halogens is 1. The van der Waals surface area contributed by atoms with Gasteiger partial charge in [-0.1, -0.05) is 15.9 Å². The summed E-state index contributed by atoms with van der Waals surface area (Å²) in [5, 5.41) is 8.75. The van der Waals surface area contributed by atoms with Gasteiger partial charge in [-0.25, -0.2) is 9.78 Å². The van der Waals surface area contributed by atoms with Gasteiger partial charge in [0, 0.05) is 4.47 Å². The molecular weight excluding hydrogens is 288 g/mol. The molecular formula is C11H7BrN2O3. The lowest BCUT2D eigenvalue weighted by Crippen LogP contribution is -2.02. The van der Waals surface area contributed by atoms with Gasteiger partial charge in [-0.15, -0.1) is 0 Å². The van der Waals surface area contributed by atoms with E-state index < -0.39 is 5.97 Å². The molecule has 1 heterocycles. The molecule has 0 fully saturated rings. The minimum absolute atomic E-state index is 0.146. The summed E-state index contributed by atoms with van der Waals surface area (Å²) in [7, 11) is 0. The van der Waals surface area contributed by atoms with E-state index in [0.29, 0.717) is 5.75 Å². The van der Waals surface area contributed by atoms with Gasteiger partial charge in [0.25, 0.3) is 0 Å². The largest absolute Gasteiger partial charge is 0.476 e. The number of benzene rings is 1. The van der Waals surface area contributed by atoms with Gasteiger partial charge in [0.2, 0.25) is 5.88 Å². The van der Waals surface area contributed by atoms with Crippen LogP contribution >= 0.6 is 15.9 Å². The molecule has 17 heavy (non-hydrogen) atoms. The molecule has 0 spiro atoms. The number of rotatable bonds is 3. The van der Waals surface area contributed by atoms with Gasteiger partial charge in [0.05, 0.1) is 12.4 Å². The predicted molar refractivity (Wildman–Crippen MR) is 63.2 cm³/mol. The zero-order valence-electron chi connectivity index (χ0n) is 8.50. The van der Waals surface area contributed by atoms with Crippen LogP contribution in [0.5, 0.6) is 11.6 Å². The number of carboxylic acid groups (broad SMARTS) is 1. The van der Waals surface area contributed by atoms with Gasteiger partial charge < -0.3 is 9.84 Å². The Labute approximate surface area is 105 Å². The first kappa shape index (κ1) is 11.5. The highest BCUT2D eigenvalue weighted by Crippen LogP contribution is 2.21. The molecule has 1 N–H and O–H groups in total. The van der Waals surface area contributed by atoms with Crippen LogP contribution in [0, 0.1) is 0 Å². The summed E-state index contributed by atoms with van der Waals surface area (Å²) in [5.41, 5.74) is -0.153. The summed E-state index contributed by atoms with van der Waals surface area (Å²) >= 11 is 3.30. The van der Waals surface area contributed by atoms with E-state index in [1.807, 2.05) is 12.1 Å². The number of hydrogen-bond acceptors (Lipinski definition) is 4. The molecule has 86 valence electrons. The van der Waals surface area contributed by atoms with Crippen molar-refractivity contribution in [1.29, 1.82) is 0 Å². The van der Waals surface area contributed by atoms with Crippen molar-refractivity contribution < 1.29 is 14.6 Å². The van der Waals surface area contributed by atoms with E-state index in [4.69, 9.17) is 9.84 Å². The van der Waals surface area contributed by atoms with E-state index in [9.17, 15) is 4.79 Å². The number of aromatic carboxylic acids is 1. The van der Waals surface area contributed by atoms with Crippen LogP contribution in [0.3, 0.4) is 0 Å². The summed E-state index contributed by atoms with van der Waals surface area (Å²) in [5.74, 6) is -0.434. The minimum atomic E-state index is -1.14. The van der Waals surface area contributed by atoms with Crippen LogP contribution in [0.25, 0.3) is 0 Å². The molecule has 0 aliphatic carbocycles. The molecule has 0 radical (unpaired) electrons. The zero-order chi connectivity index (χ0) is 12.3. The Morgan fingerprint density at radius 3 is 2.59 bits per heavy atom. The highest BCUT2D eigenvalue weighted by Gasteiger charge is 2.07. The van der Waals surface area contributed by atoms with Crippen LogP contribution in [-0.4, -0.2) is 21.0 Å². The van der Waals surface area contributed by atoms with Gasteiger partial charge in [0.15, 0.2) is 5.69 Å². The van der Waals surface area contributed by atoms with Gasteiger partial charge in [0.1, 0.15) is 5.75 Å². The molecule has 5 nitrogen and oxygen atoms in total. The maximum absolute atomic E-state index is 10.7. The Morgan fingerprint density at radius 1 is 1.24 bits per heavy atom. The molecule has 0 aliphatic heterocycles. The second-order valence-corrected chi connectivity index (χ2v) is 4.02. The van der Waals surface area contributed by atoms with Crippen molar-refractivity contribution in [3.63, 3.8) is 0 Å². The standard InChI is InChI=1S/C11H7BrN2O3/c12-7-1-3-8(4-2-7)17-10-6-13-5-9(14-10)11(15)16/h1-6H,(H,15,16). The minimum Gasteiger partial charge on any atom is -0.476 e. The molecule has 2 rings (SSSR count). The van der Waals surface area contributed by atoms with E-state index in [0.717, 1.165) is 10.7 Å². The number of carbonyl (C=O) groups is 1. The van der Waals surface area contributed by atoms with E-state index in [1.165, 1.54) is 6.20 Å². The first-order chi connectivity index (χ1) is 8.15. The molecule has 0 saturated heterocycles. The van der Waals surface area contributed by atoms with E-state index in [1.54, 1.807) is 12.1 Å². The average Bonchev–Trinajstić information content (AvgIpc) is 2.32. The average molecular weight is 295 g/mol. The SMILES string of the molecule is O=C(O)c1cncc(Oc2ccc(Br)cc2)n1. The Morgan fingerprint density at radius 2 is 1.94 bits per heavy atom. The summed E-state index contributed by atoms with van der Waals surface area (Å²) in [6.45, 7) is 0. The molecule has 0 atom stereocenters. The molecule has 0 aliphatic rings. The van der Waals surface area contributed by atoms with Crippen molar-refractivity contribution in [3.8, 4) is 11.6 Å². The summed E-state index contributed by atoms with van der Waals surface area (Å²) in [4.78, 5) is 18.2. The fourth-order valence-electron chi connectivity index (χ4n) is 1.12. The number of nitrogens with zero attached hydrogens (tertiary/aromatic N) is 2. The molecule has 1 aromatic carbocycles. The molecule has 0 unspecified atom stereocenters. The van der Waals surface area contributed by atoms with Crippen molar-refractivity contribution in [3.05, 3.63) is 46.8 Å². The summed E-state index contributed by atoms with van der Waals surface area (Å²) in [6.07, 6.45) is 2.52. The van der Waals surface area contributed by atoms with Crippen LogP contribution in [0.2, 0.25) is 0 Å². The number of aromatic nitrogens is 2. The quantitative estimate of drug-likeness (QED) is 0.942. The molecule has 1 aromatic heterocycles. The van der Waals surface area contributed by atoms with Crippen LogP contribution in [0.4, 0.5) is 0 Å². The van der Waals surface area contributed by atoms with Crippen molar-refractivity contribution in [2.24, 2.45) is 0 Å². The van der Waals surface area contributed by atoms with E-state index in [2.05, 4.69) is 25.9 Å². The van der Waals surface area contributed by atoms with Crippen LogP contribution in [0.1, 0.15) is 10.5 Å². The normalized spacial score (nSPS) is 9.94. The lowest BCUT2D eigenvalue weighted by molar-refractivity contribution is 0.0689. The predicted octanol–water partition coefficient (Wildman–Crippen LogP) is 2.73. The molecule has 6 heteroatoms. The molecule has 0 bridgehead atoms. The van der Waals surface area contributed by atoms with Crippen molar-refractivity contribution in [2.45, 2.75) is 0 Å². The maximum Gasteiger partial charge on any atom is 0.356 e. The first-order valence-electron chi connectivity index (χ1n) is 4.64. The highest BCUT2D eigenvalue weighted by molar-refractivity contribution is 9.10. The van der Waals surface area contributed by atoms with Crippen LogP contribution in [-0.2, 0) is 0 Å². The fraction of sp³-hybridized carbons (Fsp3) is 0. The third-order valence-corrected chi connectivity index (χ3v) is 2.40. The van der Waals surface area contributed by atoms with E-state index >= 15 is 0 Å². The van der Waals surface area contributed by atoms with Gasteiger partial charge in [-0.05, 0) is 24.3 Å². The summed E-state index contributed by atoms with van der Waals surface area (Å²) < 4.78 is 6.29. The lowest BCUT2D eigenvalue weighted by atomic mass is 10.3. The maximum atomic E-state index is 10.7. The first-order valence-corrected chi connectivity index (χ1v) is 5.43. The monoisotopic (exact) mass is 294 g/mol. The van der Waals surface area contributed by atoms with Gasteiger partial charge in [-0.3, -0.25) is 4.98 Å². The molecule has 0 saturated carbocycles. The number of hydrogen-bond donors (Lipinski definition) is 1. The van der Waals surface area contributed by atoms with Crippen molar-refractivity contribution >= 4 is 21.9 Å². The second-order valence-electron chi connectivity index (χ2n) is 3.10. The van der Waals surface area contributed by atoms with Crippen molar-refractivity contribution in [2.75, 3.05) is 0 Å². The number of ether oxygens (including phenoxy) is 1. The zero-order valence-corrected chi connectivity index (χ0v) is 10.1. The Hall–Kier alpha value is -1.95. The van der Waals surface area contributed by atoms with Gasteiger partial charge in [-0.2, -0.15) is 0 Å². The third kappa shape index (κ3) is 3.01. The topological polar surface area (TPSA) is 72.3 Å². The summed E-state index contributed by atoms with van der Waals surface area (Å²) in [6, 6.07) is 7.09. The van der Waals surface area contributed by atoms with Crippen molar-refractivity contribution in [1.82, 2.24) is 9.97 Å².